The Bertz CT molecular complexity index is 816. The van der Waals surface area contributed by atoms with Crippen LogP contribution in [0, 0.1) is 0 Å². The minimum atomic E-state index is -0.223. The zero-order valence-electron chi connectivity index (χ0n) is 10.8. The van der Waals surface area contributed by atoms with Gasteiger partial charge in [0.1, 0.15) is 5.69 Å². The average Bonchev–Trinajstić information content (AvgIpc) is 2.48. The Kier molecular flexibility index (Phi) is 4.03. The van der Waals surface area contributed by atoms with E-state index in [0.717, 1.165) is 25.4 Å². The lowest BCUT2D eigenvalue weighted by molar-refractivity contribution is 0.102. The second kappa shape index (κ2) is 5.95. The maximum absolute atomic E-state index is 12.1. The van der Waals surface area contributed by atoms with E-state index in [-0.39, 0.29) is 5.91 Å². The van der Waals surface area contributed by atoms with Crippen molar-refractivity contribution < 1.29 is 4.79 Å². The van der Waals surface area contributed by atoms with Crippen molar-refractivity contribution in [3.63, 3.8) is 0 Å². The second-order valence-corrected chi connectivity index (χ2v) is 6.35. The first-order valence-corrected chi connectivity index (χ1v) is 7.83. The second-order valence-electron chi connectivity index (χ2n) is 4.52. The summed E-state index contributed by atoms with van der Waals surface area (Å²) >= 11 is 6.74. The fourth-order valence-electron chi connectivity index (χ4n) is 2.00. The van der Waals surface area contributed by atoms with Crippen LogP contribution in [0.15, 0.2) is 63.7 Å². The normalized spacial score (nSPS) is 10.6. The number of benzene rings is 2. The molecule has 3 aromatic rings. The standard InChI is InChI=1S/C16H10Br2N2O/c17-12-3-1-11-8-14(5-2-10(11)7-12)20-16(21)15-6-4-13(18)9-19-15/h1-9H,(H,20,21). The maximum Gasteiger partial charge on any atom is 0.274 e. The molecule has 0 unspecified atom stereocenters. The summed E-state index contributed by atoms with van der Waals surface area (Å²) < 4.78 is 1.88. The lowest BCUT2D eigenvalue weighted by atomic mass is 10.1. The van der Waals surface area contributed by atoms with E-state index in [1.807, 2.05) is 36.4 Å². The van der Waals surface area contributed by atoms with Crippen LogP contribution in [0.1, 0.15) is 10.5 Å². The molecule has 0 saturated carbocycles. The Morgan fingerprint density at radius 1 is 0.905 bits per heavy atom. The fourth-order valence-corrected chi connectivity index (χ4v) is 2.61. The molecule has 0 aliphatic rings. The quantitative estimate of drug-likeness (QED) is 0.650. The summed E-state index contributed by atoms with van der Waals surface area (Å²) in [7, 11) is 0. The van der Waals surface area contributed by atoms with Crippen molar-refractivity contribution in [2.45, 2.75) is 0 Å². The predicted molar refractivity (Wildman–Crippen MR) is 91.5 cm³/mol. The number of fused-ring (bicyclic) bond motifs is 1. The largest absolute Gasteiger partial charge is 0.321 e. The summed E-state index contributed by atoms with van der Waals surface area (Å²) in [5, 5.41) is 5.04. The molecule has 1 N–H and O–H groups in total. The molecular weight excluding hydrogens is 396 g/mol. The molecule has 3 rings (SSSR count). The molecule has 104 valence electrons. The van der Waals surface area contributed by atoms with Gasteiger partial charge in [0.05, 0.1) is 0 Å². The van der Waals surface area contributed by atoms with Crippen molar-refractivity contribution in [1.82, 2.24) is 4.98 Å². The smallest absolute Gasteiger partial charge is 0.274 e. The van der Waals surface area contributed by atoms with Crippen LogP contribution in [-0.2, 0) is 0 Å². The van der Waals surface area contributed by atoms with Gasteiger partial charge in [-0.15, -0.1) is 0 Å². The topological polar surface area (TPSA) is 42.0 Å². The van der Waals surface area contributed by atoms with Crippen molar-refractivity contribution in [3.8, 4) is 0 Å². The molecule has 0 atom stereocenters. The summed E-state index contributed by atoms with van der Waals surface area (Å²) in [4.78, 5) is 16.2. The van der Waals surface area contributed by atoms with Crippen molar-refractivity contribution in [2.75, 3.05) is 5.32 Å². The number of anilines is 1. The number of rotatable bonds is 2. The highest BCUT2D eigenvalue weighted by atomic mass is 79.9. The number of carbonyl (C=O) groups excluding carboxylic acids is 1. The van der Waals surface area contributed by atoms with Gasteiger partial charge in [0.25, 0.3) is 5.91 Å². The lowest BCUT2D eigenvalue weighted by Gasteiger charge is -2.06. The van der Waals surface area contributed by atoms with E-state index in [2.05, 4.69) is 42.2 Å². The molecule has 2 aromatic carbocycles. The first-order chi connectivity index (χ1) is 10.1. The molecule has 0 saturated heterocycles. The van der Waals surface area contributed by atoms with Crippen LogP contribution in [0.5, 0.6) is 0 Å². The number of carbonyl (C=O) groups is 1. The Balaban J connectivity index is 1.85. The summed E-state index contributed by atoms with van der Waals surface area (Å²) in [6.07, 6.45) is 1.60. The highest BCUT2D eigenvalue weighted by Gasteiger charge is 2.07. The Labute approximate surface area is 138 Å². The predicted octanol–water partition coefficient (Wildman–Crippen LogP) is 5.01. The first kappa shape index (κ1) is 14.2. The SMILES string of the molecule is O=C(Nc1ccc2cc(Br)ccc2c1)c1ccc(Br)cn1. The van der Waals surface area contributed by atoms with Crippen LogP contribution in [0.25, 0.3) is 10.8 Å². The van der Waals surface area contributed by atoms with Gasteiger partial charge in [0.15, 0.2) is 0 Å². The van der Waals surface area contributed by atoms with Crippen LogP contribution in [0.2, 0.25) is 0 Å². The van der Waals surface area contributed by atoms with Crippen molar-refractivity contribution in [3.05, 3.63) is 69.4 Å². The number of halogens is 2. The minimum Gasteiger partial charge on any atom is -0.321 e. The zero-order chi connectivity index (χ0) is 14.8. The van der Waals surface area contributed by atoms with E-state index in [9.17, 15) is 4.79 Å². The van der Waals surface area contributed by atoms with E-state index >= 15 is 0 Å². The third-order valence-electron chi connectivity index (χ3n) is 3.02. The van der Waals surface area contributed by atoms with E-state index in [0.29, 0.717) is 5.69 Å². The van der Waals surface area contributed by atoms with Gasteiger partial charge in [0, 0.05) is 20.8 Å². The third kappa shape index (κ3) is 3.31. The van der Waals surface area contributed by atoms with E-state index < -0.39 is 0 Å². The average molecular weight is 406 g/mol. The fraction of sp³-hybridized carbons (Fsp3) is 0. The first-order valence-electron chi connectivity index (χ1n) is 6.24. The van der Waals surface area contributed by atoms with Gasteiger partial charge in [-0.2, -0.15) is 0 Å². The molecule has 1 amide bonds. The maximum atomic E-state index is 12.1. The number of aromatic nitrogens is 1. The Hall–Kier alpha value is -1.72. The van der Waals surface area contributed by atoms with Crippen LogP contribution >= 0.6 is 31.9 Å². The van der Waals surface area contributed by atoms with Crippen LogP contribution in [-0.4, -0.2) is 10.9 Å². The summed E-state index contributed by atoms with van der Waals surface area (Å²) in [5.41, 5.74) is 1.13. The molecule has 1 heterocycles. The number of nitrogens with zero attached hydrogens (tertiary/aromatic N) is 1. The summed E-state index contributed by atoms with van der Waals surface area (Å²) in [6, 6.07) is 15.3. The van der Waals surface area contributed by atoms with Gasteiger partial charge in [-0.3, -0.25) is 4.79 Å². The molecule has 21 heavy (non-hydrogen) atoms. The van der Waals surface area contributed by atoms with Crippen LogP contribution in [0.4, 0.5) is 5.69 Å². The van der Waals surface area contributed by atoms with Gasteiger partial charge < -0.3 is 5.32 Å². The number of amides is 1. The molecule has 1 aromatic heterocycles. The van der Waals surface area contributed by atoms with Gasteiger partial charge in [-0.1, -0.05) is 28.1 Å². The van der Waals surface area contributed by atoms with E-state index in [1.54, 1.807) is 18.3 Å². The van der Waals surface area contributed by atoms with Crippen LogP contribution in [0.3, 0.4) is 0 Å². The number of nitrogens with one attached hydrogen (secondary N) is 1. The highest BCUT2D eigenvalue weighted by Crippen LogP contribution is 2.23. The number of pyridine rings is 1. The summed E-state index contributed by atoms with van der Waals surface area (Å²) in [5.74, 6) is -0.223. The minimum absolute atomic E-state index is 0.223. The van der Waals surface area contributed by atoms with Gasteiger partial charge in [-0.05, 0) is 63.1 Å². The van der Waals surface area contributed by atoms with Crippen molar-refractivity contribution >= 4 is 54.2 Å². The molecule has 0 bridgehead atoms. The molecule has 0 aliphatic heterocycles. The molecule has 0 aliphatic carbocycles. The number of hydrogen-bond acceptors (Lipinski definition) is 2. The Morgan fingerprint density at radius 2 is 1.62 bits per heavy atom. The monoisotopic (exact) mass is 404 g/mol. The lowest BCUT2D eigenvalue weighted by Crippen LogP contribution is -2.13. The molecule has 0 spiro atoms. The van der Waals surface area contributed by atoms with Crippen molar-refractivity contribution in [1.29, 1.82) is 0 Å². The van der Waals surface area contributed by atoms with E-state index in [4.69, 9.17) is 0 Å². The Morgan fingerprint density at radius 3 is 2.38 bits per heavy atom. The van der Waals surface area contributed by atoms with Crippen molar-refractivity contribution in [2.24, 2.45) is 0 Å². The molecule has 0 fully saturated rings. The molecular formula is C16H10Br2N2O. The molecule has 0 radical (unpaired) electrons. The summed E-state index contributed by atoms with van der Waals surface area (Å²) in [6.45, 7) is 0. The van der Waals surface area contributed by atoms with Gasteiger partial charge >= 0.3 is 0 Å². The molecule has 5 heteroatoms. The highest BCUT2D eigenvalue weighted by molar-refractivity contribution is 9.10. The van der Waals surface area contributed by atoms with Gasteiger partial charge in [-0.25, -0.2) is 4.98 Å². The molecule has 3 nitrogen and oxygen atoms in total. The number of hydrogen-bond donors (Lipinski definition) is 1. The van der Waals surface area contributed by atoms with Crippen LogP contribution < -0.4 is 5.32 Å². The zero-order valence-corrected chi connectivity index (χ0v) is 14.0. The van der Waals surface area contributed by atoms with Gasteiger partial charge in [0.2, 0.25) is 0 Å². The van der Waals surface area contributed by atoms with E-state index in [1.165, 1.54) is 0 Å². The third-order valence-corrected chi connectivity index (χ3v) is 3.98.